The Morgan fingerprint density at radius 2 is 2.10 bits per heavy atom. The van der Waals surface area contributed by atoms with Crippen LogP contribution in [0.25, 0.3) is 5.57 Å². The lowest BCUT2D eigenvalue weighted by atomic mass is 10.0. The standard InChI is InChI=1S/C21H25ClFN3O3/c1-4-5-10-26-18-11-16(17(23)12-19(18)29-15(3)21(26)28)14(2)20(22)25-9-7-6-8-24-13-27/h11-13,15,25H,6-10H2,1-3H3,(H,24,27)/b20-14+. The zero-order valence-electron chi connectivity index (χ0n) is 16.8. The number of amides is 2. The van der Waals surface area contributed by atoms with Crippen molar-refractivity contribution >= 4 is 35.2 Å². The van der Waals surface area contributed by atoms with Gasteiger partial charge in [0.05, 0.1) is 12.2 Å². The molecule has 0 fully saturated rings. The minimum atomic E-state index is -0.706. The molecule has 6 nitrogen and oxygen atoms in total. The molecule has 1 heterocycles. The van der Waals surface area contributed by atoms with Crippen LogP contribution in [0.4, 0.5) is 10.1 Å². The van der Waals surface area contributed by atoms with Crippen molar-refractivity contribution in [3.8, 4) is 17.6 Å². The molecule has 0 aliphatic carbocycles. The number of benzene rings is 1. The molecule has 0 bridgehead atoms. The van der Waals surface area contributed by atoms with E-state index in [9.17, 15) is 14.0 Å². The SMILES string of the molecule is CC#CCN1C(=O)C(C)Oc2cc(F)c(/C(C)=C(\Cl)NCCCCNC=O)cc21. The van der Waals surface area contributed by atoms with Crippen LogP contribution in [0.2, 0.25) is 0 Å². The molecule has 1 aromatic rings. The van der Waals surface area contributed by atoms with E-state index in [2.05, 4.69) is 22.5 Å². The monoisotopic (exact) mass is 421 g/mol. The molecular formula is C21H25ClFN3O3. The number of ether oxygens (including phenoxy) is 1. The molecule has 1 atom stereocenters. The molecule has 29 heavy (non-hydrogen) atoms. The van der Waals surface area contributed by atoms with Crippen LogP contribution >= 0.6 is 11.6 Å². The fraction of sp³-hybridized carbons (Fsp3) is 0.429. The maximum Gasteiger partial charge on any atom is 0.268 e. The summed E-state index contributed by atoms with van der Waals surface area (Å²) in [6.07, 6.45) is 1.55. The molecule has 2 rings (SSSR count). The molecule has 8 heteroatoms. The number of rotatable bonds is 9. The van der Waals surface area contributed by atoms with Gasteiger partial charge in [0.2, 0.25) is 6.41 Å². The van der Waals surface area contributed by atoms with E-state index in [1.165, 1.54) is 11.0 Å². The molecule has 1 aromatic carbocycles. The molecule has 0 aromatic heterocycles. The second kappa shape index (κ2) is 10.7. The Morgan fingerprint density at radius 1 is 1.38 bits per heavy atom. The highest BCUT2D eigenvalue weighted by Gasteiger charge is 2.32. The van der Waals surface area contributed by atoms with Gasteiger partial charge in [-0.25, -0.2) is 4.39 Å². The lowest BCUT2D eigenvalue weighted by molar-refractivity contribution is -0.125. The average Bonchev–Trinajstić information content (AvgIpc) is 2.70. The zero-order chi connectivity index (χ0) is 21.4. The van der Waals surface area contributed by atoms with E-state index in [4.69, 9.17) is 16.3 Å². The fourth-order valence-electron chi connectivity index (χ4n) is 2.90. The van der Waals surface area contributed by atoms with Crippen LogP contribution in [0.15, 0.2) is 17.3 Å². The van der Waals surface area contributed by atoms with E-state index in [0.717, 1.165) is 12.8 Å². The Balaban J connectivity index is 2.24. The minimum absolute atomic E-state index is 0.199. The summed E-state index contributed by atoms with van der Waals surface area (Å²) in [4.78, 5) is 24.2. The summed E-state index contributed by atoms with van der Waals surface area (Å²) < 4.78 is 20.3. The van der Waals surface area contributed by atoms with Crippen LogP contribution in [-0.4, -0.2) is 38.1 Å². The van der Waals surface area contributed by atoms with Crippen molar-refractivity contribution < 1.29 is 18.7 Å². The van der Waals surface area contributed by atoms with Crippen LogP contribution in [0.1, 0.15) is 39.2 Å². The smallest absolute Gasteiger partial charge is 0.268 e. The second-order valence-corrected chi connectivity index (χ2v) is 6.93. The number of nitrogens with zero attached hydrogens (tertiary/aromatic N) is 1. The van der Waals surface area contributed by atoms with Gasteiger partial charge in [-0.2, -0.15) is 0 Å². The molecule has 0 saturated carbocycles. The van der Waals surface area contributed by atoms with Gasteiger partial charge in [-0.3, -0.25) is 14.5 Å². The van der Waals surface area contributed by atoms with Crippen molar-refractivity contribution in [2.24, 2.45) is 0 Å². The minimum Gasteiger partial charge on any atom is -0.479 e. The van der Waals surface area contributed by atoms with Gasteiger partial charge >= 0.3 is 0 Å². The molecular weight excluding hydrogens is 397 g/mol. The van der Waals surface area contributed by atoms with Crippen molar-refractivity contribution in [1.29, 1.82) is 0 Å². The van der Waals surface area contributed by atoms with E-state index in [1.807, 2.05) is 0 Å². The van der Waals surface area contributed by atoms with Gasteiger partial charge in [0.1, 0.15) is 16.7 Å². The molecule has 1 aliphatic rings. The first kappa shape index (κ1) is 22.6. The van der Waals surface area contributed by atoms with E-state index in [-0.39, 0.29) is 18.0 Å². The maximum absolute atomic E-state index is 14.7. The Bertz CT molecular complexity index is 861. The molecule has 2 amide bonds. The number of carbonyl (C=O) groups excluding carboxylic acids is 2. The first-order valence-electron chi connectivity index (χ1n) is 9.39. The average molecular weight is 422 g/mol. The number of hydrogen-bond donors (Lipinski definition) is 2. The van der Waals surface area contributed by atoms with Gasteiger partial charge in [0, 0.05) is 24.7 Å². The summed E-state index contributed by atoms with van der Waals surface area (Å²) in [6.45, 7) is 6.40. The zero-order valence-corrected chi connectivity index (χ0v) is 17.5. The Kier molecular flexibility index (Phi) is 8.34. The normalized spacial score (nSPS) is 16.1. The predicted molar refractivity (Wildman–Crippen MR) is 112 cm³/mol. The van der Waals surface area contributed by atoms with Crippen LogP contribution in [0, 0.1) is 17.7 Å². The summed E-state index contributed by atoms with van der Waals surface area (Å²) in [7, 11) is 0. The number of anilines is 1. The third-order valence-electron chi connectivity index (χ3n) is 4.52. The topological polar surface area (TPSA) is 70.7 Å². The summed E-state index contributed by atoms with van der Waals surface area (Å²) >= 11 is 6.33. The van der Waals surface area contributed by atoms with E-state index < -0.39 is 11.9 Å². The first-order chi connectivity index (χ1) is 13.9. The number of hydrogen-bond acceptors (Lipinski definition) is 4. The maximum atomic E-state index is 14.7. The summed E-state index contributed by atoms with van der Waals surface area (Å²) in [5, 5.41) is 5.97. The third-order valence-corrected chi connectivity index (χ3v) is 4.93. The van der Waals surface area contributed by atoms with Crippen LogP contribution in [-0.2, 0) is 9.59 Å². The quantitative estimate of drug-likeness (QED) is 0.278. The molecule has 1 unspecified atom stereocenters. The fourth-order valence-corrected chi connectivity index (χ4v) is 3.09. The Hall–Kier alpha value is -2.72. The molecule has 2 N–H and O–H groups in total. The second-order valence-electron chi connectivity index (χ2n) is 6.56. The van der Waals surface area contributed by atoms with Gasteiger partial charge in [0.25, 0.3) is 5.91 Å². The summed E-state index contributed by atoms with van der Waals surface area (Å²) in [5.74, 6) is 5.23. The summed E-state index contributed by atoms with van der Waals surface area (Å²) in [6, 6.07) is 2.85. The van der Waals surface area contributed by atoms with Crippen LogP contribution < -0.4 is 20.3 Å². The van der Waals surface area contributed by atoms with Gasteiger partial charge in [-0.15, -0.1) is 5.92 Å². The van der Waals surface area contributed by atoms with E-state index in [0.29, 0.717) is 41.7 Å². The Labute approximate surface area is 175 Å². The lowest BCUT2D eigenvalue weighted by Crippen LogP contribution is -2.44. The highest BCUT2D eigenvalue weighted by molar-refractivity contribution is 6.32. The number of fused-ring (bicyclic) bond motifs is 1. The number of halogens is 2. The van der Waals surface area contributed by atoms with Crippen molar-refractivity contribution in [2.45, 2.75) is 39.7 Å². The van der Waals surface area contributed by atoms with Crippen LogP contribution in [0.5, 0.6) is 5.75 Å². The number of carbonyl (C=O) groups is 2. The van der Waals surface area contributed by atoms with E-state index >= 15 is 0 Å². The van der Waals surface area contributed by atoms with Gasteiger partial charge in [-0.1, -0.05) is 17.5 Å². The molecule has 0 saturated heterocycles. The Morgan fingerprint density at radius 3 is 2.79 bits per heavy atom. The van der Waals surface area contributed by atoms with Crippen molar-refractivity contribution in [3.05, 3.63) is 28.7 Å². The number of unbranched alkanes of at least 4 members (excludes halogenated alkanes) is 1. The first-order valence-corrected chi connectivity index (χ1v) is 9.77. The highest BCUT2D eigenvalue weighted by atomic mass is 35.5. The van der Waals surface area contributed by atoms with Crippen molar-refractivity contribution in [2.75, 3.05) is 24.5 Å². The largest absolute Gasteiger partial charge is 0.479 e. The lowest BCUT2D eigenvalue weighted by Gasteiger charge is -2.32. The molecule has 1 aliphatic heterocycles. The van der Waals surface area contributed by atoms with Gasteiger partial charge < -0.3 is 15.4 Å². The number of nitrogens with one attached hydrogen (secondary N) is 2. The molecule has 0 spiro atoms. The van der Waals surface area contributed by atoms with Gasteiger partial charge in [-0.05, 0) is 45.3 Å². The number of allylic oxidation sites excluding steroid dienone is 1. The predicted octanol–water partition coefficient (Wildman–Crippen LogP) is 3.01. The third kappa shape index (κ3) is 5.64. The molecule has 0 radical (unpaired) electrons. The summed E-state index contributed by atoms with van der Waals surface area (Å²) in [5.41, 5.74) is 1.27. The highest BCUT2D eigenvalue weighted by Crippen LogP contribution is 2.38. The molecule has 156 valence electrons. The van der Waals surface area contributed by atoms with E-state index in [1.54, 1.807) is 26.8 Å². The van der Waals surface area contributed by atoms with Crippen molar-refractivity contribution in [1.82, 2.24) is 10.6 Å². The van der Waals surface area contributed by atoms with Crippen LogP contribution in [0.3, 0.4) is 0 Å². The van der Waals surface area contributed by atoms with Crippen molar-refractivity contribution in [3.63, 3.8) is 0 Å². The van der Waals surface area contributed by atoms with Gasteiger partial charge in [0.15, 0.2) is 6.10 Å².